The van der Waals surface area contributed by atoms with E-state index in [4.69, 9.17) is 40.0 Å². The molecule has 2 aromatic heterocycles. The zero-order valence-electron chi connectivity index (χ0n) is 15.0. The number of hydrogen-bond donors (Lipinski definition) is 0. The van der Waals surface area contributed by atoms with Gasteiger partial charge in [0.1, 0.15) is 6.26 Å². The van der Waals surface area contributed by atoms with Gasteiger partial charge in [-0.3, -0.25) is 0 Å². The summed E-state index contributed by atoms with van der Waals surface area (Å²) in [5.74, 6) is 0.648. The second-order valence-electron chi connectivity index (χ2n) is 5.39. The lowest BCUT2D eigenvalue weighted by molar-refractivity contribution is 0.0672. The van der Waals surface area contributed by atoms with Gasteiger partial charge in [-0.05, 0) is 15.9 Å². The van der Waals surface area contributed by atoms with Crippen molar-refractivity contribution in [1.82, 2.24) is 0 Å². The maximum Gasteiger partial charge on any atom is 0.198 e. The number of halogens is 1. The average molecular weight is 450 g/mol. The Balaban J connectivity index is 2.05. The highest BCUT2D eigenvalue weighted by molar-refractivity contribution is 9.10. The van der Waals surface area contributed by atoms with Crippen LogP contribution < -0.4 is 4.90 Å². The molecule has 2 aromatic rings. The number of rotatable bonds is 13. The fourth-order valence-electron chi connectivity index (χ4n) is 2.23. The summed E-state index contributed by atoms with van der Waals surface area (Å²) in [6.45, 7) is 4.56. The molecule has 0 unspecified atom stereocenters. The molecular weight excluding hydrogens is 426 g/mol. The van der Waals surface area contributed by atoms with E-state index < -0.39 is 0 Å². The zero-order valence-corrected chi connectivity index (χ0v) is 17.4. The molecule has 0 atom stereocenters. The highest BCUT2D eigenvalue weighted by Gasteiger charge is 2.15. The van der Waals surface area contributed by atoms with Gasteiger partial charge in [0.15, 0.2) is 17.1 Å². The molecule has 146 valence electrons. The predicted octanol–water partition coefficient (Wildman–Crippen LogP) is 3.65. The van der Waals surface area contributed by atoms with E-state index in [1.807, 2.05) is 4.90 Å². The lowest BCUT2D eigenvalue weighted by atomic mass is 10.4. The minimum atomic E-state index is 0.536. The largest absolute Gasteiger partial charge is 0.458 e. The van der Waals surface area contributed by atoms with Crippen molar-refractivity contribution >= 4 is 45.2 Å². The molecule has 0 aromatic carbocycles. The molecule has 0 radical (unpaired) electrons. The molecule has 0 aliphatic carbocycles. The lowest BCUT2D eigenvalue weighted by Gasteiger charge is -2.23. The molecule has 2 rings (SSSR count). The van der Waals surface area contributed by atoms with E-state index in [9.17, 15) is 0 Å². The second-order valence-corrected chi connectivity index (χ2v) is 6.68. The van der Waals surface area contributed by atoms with E-state index in [1.54, 1.807) is 26.5 Å². The lowest BCUT2D eigenvalue weighted by Crippen LogP contribution is -2.31. The first kappa shape index (κ1) is 21.3. The quantitative estimate of drug-likeness (QED) is 0.339. The van der Waals surface area contributed by atoms with E-state index in [2.05, 4.69) is 15.9 Å². The van der Waals surface area contributed by atoms with Crippen LogP contribution in [0, 0.1) is 4.51 Å². The molecule has 0 amide bonds. The van der Waals surface area contributed by atoms with Crippen LogP contribution in [0.5, 0.6) is 0 Å². The third-order valence-electron chi connectivity index (χ3n) is 3.57. The summed E-state index contributed by atoms with van der Waals surface area (Å²) in [4.78, 5) is 2.04. The molecule has 26 heavy (non-hydrogen) atoms. The molecule has 0 aliphatic heterocycles. The number of nitrogens with zero attached hydrogens (tertiary/aromatic N) is 1. The first-order valence-corrected chi connectivity index (χ1v) is 9.46. The van der Waals surface area contributed by atoms with Crippen molar-refractivity contribution in [2.45, 2.75) is 0 Å². The molecule has 2 heterocycles. The molecule has 0 aliphatic rings. The van der Waals surface area contributed by atoms with E-state index in [0.29, 0.717) is 74.3 Å². The maximum absolute atomic E-state index is 5.99. The van der Waals surface area contributed by atoms with E-state index in [1.165, 1.54) is 0 Å². The summed E-state index contributed by atoms with van der Waals surface area (Å²) in [5.41, 5.74) is 1.15. The van der Waals surface area contributed by atoms with Crippen LogP contribution in [0.25, 0.3) is 11.2 Å². The third-order valence-corrected chi connectivity index (χ3v) is 4.43. The van der Waals surface area contributed by atoms with E-state index >= 15 is 0 Å². The summed E-state index contributed by atoms with van der Waals surface area (Å²) in [5, 5.41) is 0. The average Bonchev–Trinajstić information content (AvgIpc) is 3.01. The molecule has 0 fully saturated rings. The fraction of sp³-hybridized carbons (Fsp3) is 0.588. The minimum Gasteiger partial charge on any atom is -0.458 e. The van der Waals surface area contributed by atoms with Crippen LogP contribution in [0.3, 0.4) is 0 Å². The van der Waals surface area contributed by atoms with Crippen molar-refractivity contribution in [3.63, 3.8) is 0 Å². The van der Waals surface area contributed by atoms with Gasteiger partial charge in [-0.1, -0.05) is 12.2 Å². The summed E-state index contributed by atoms with van der Waals surface area (Å²) in [6, 6.07) is 1.79. The number of fused-ring (bicyclic) bond motifs is 1. The van der Waals surface area contributed by atoms with Crippen molar-refractivity contribution in [1.29, 1.82) is 0 Å². The Morgan fingerprint density at radius 3 is 2.15 bits per heavy atom. The van der Waals surface area contributed by atoms with Gasteiger partial charge in [0, 0.05) is 33.4 Å². The monoisotopic (exact) mass is 449 g/mol. The Morgan fingerprint density at radius 2 is 1.58 bits per heavy atom. The molecule has 0 N–H and O–H groups in total. The fourth-order valence-corrected chi connectivity index (χ4v) is 2.83. The normalized spacial score (nSPS) is 11.3. The van der Waals surface area contributed by atoms with Gasteiger partial charge in [0.05, 0.1) is 48.6 Å². The number of furan rings is 1. The van der Waals surface area contributed by atoms with E-state index in [0.717, 1.165) is 4.47 Å². The summed E-state index contributed by atoms with van der Waals surface area (Å²) in [6.07, 6.45) is 1.57. The van der Waals surface area contributed by atoms with Gasteiger partial charge in [-0.25, -0.2) is 0 Å². The van der Waals surface area contributed by atoms with Crippen molar-refractivity contribution in [3.05, 3.63) is 21.3 Å². The molecule has 0 saturated heterocycles. The molecule has 9 heteroatoms. The number of ether oxygens (including phenoxy) is 4. The first-order chi connectivity index (χ1) is 12.7. The minimum absolute atomic E-state index is 0.536. The SMILES string of the molecule is COCCOCCN(CCOCCOC)c1cc(=S)c2occ(Br)c2o1. The van der Waals surface area contributed by atoms with E-state index in [-0.39, 0.29) is 0 Å². The smallest absolute Gasteiger partial charge is 0.198 e. The van der Waals surface area contributed by atoms with Crippen LogP contribution in [0.2, 0.25) is 0 Å². The summed E-state index contributed by atoms with van der Waals surface area (Å²) in [7, 11) is 3.30. The van der Waals surface area contributed by atoms with Crippen molar-refractivity contribution in [2.75, 3.05) is 71.9 Å². The first-order valence-electron chi connectivity index (χ1n) is 8.26. The summed E-state index contributed by atoms with van der Waals surface area (Å²) < 4.78 is 33.9. The van der Waals surface area contributed by atoms with Gasteiger partial charge in [-0.2, -0.15) is 0 Å². The Hall–Kier alpha value is -0.970. The number of hydrogen-bond acceptors (Lipinski definition) is 8. The Morgan fingerprint density at radius 1 is 0.962 bits per heavy atom. The molecule has 0 saturated carbocycles. The molecular formula is C17H24BrNO6S. The van der Waals surface area contributed by atoms with Crippen LogP contribution in [0.1, 0.15) is 0 Å². The topological polar surface area (TPSA) is 66.4 Å². The number of methoxy groups -OCH3 is 2. The van der Waals surface area contributed by atoms with Crippen molar-refractivity contribution in [2.24, 2.45) is 0 Å². The van der Waals surface area contributed by atoms with Crippen LogP contribution in [-0.2, 0) is 18.9 Å². The van der Waals surface area contributed by atoms with Crippen LogP contribution in [0.4, 0.5) is 5.88 Å². The highest BCUT2D eigenvalue weighted by atomic mass is 79.9. The van der Waals surface area contributed by atoms with Crippen molar-refractivity contribution < 1.29 is 27.8 Å². The third kappa shape index (κ3) is 6.33. The highest BCUT2D eigenvalue weighted by Crippen LogP contribution is 2.31. The predicted molar refractivity (Wildman–Crippen MR) is 105 cm³/mol. The van der Waals surface area contributed by atoms with Gasteiger partial charge < -0.3 is 32.7 Å². The standard InChI is InChI=1S/C17H24BrNO6S/c1-20-7-9-22-5-3-19(4-6-23-10-8-21-2)15-11-14(26)17-16(25-15)13(18)12-24-17/h11-12H,3-10H2,1-2H3. The Kier molecular flexibility index (Phi) is 9.58. The number of anilines is 1. The van der Waals surface area contributed by atoms with Gasteiger partial charge in [-0.15, -0.1) is 0 Å². The van der Waals surface area contributed by atoms with Gasteiger partial charge >= 0.3 is 0 Å². The Bertz CT molecular complexity index is 705. The molecule has 7 nitrogen and oxygen atoms in total. The second kappa shape index (κ2) is 11.7. The maximum atomic E-state index is 5.99. The summed E-state index contributed by atoms with van der Waals surface area (Å²) >= 11 is 8.83. The zero-order chi connectivity index (χ0) is 18.8. The van der Waals surface area contributed by atoms with Gasteiger partial charge in [0.2, 0.25) is 0 Å². The van der Waals surface area contributed by atoms with Crippen molar-refractivity contribution in [3.8, 4) is 0 Å². The van der Waals surface area contributed by atoms with Crippen LogP contribution >= 0.6 is 28.1 Å². The van der Waals surface area contributed by atoms with Crippen LogP contribution in [-0.4, -0.2) is 67.0 Å². The van der Waals surface area contributed by atoms with Gasteiger partial charge in [0.25, 0.3) is 0 Å². The molecule has 0 spiro atoms. The Labute approximate surface area is 166 Å². The van der Waals surface area contributed by atoms with Crippen LogP contribution in [0.15, 0.2) is 25.6 Å². The molecule has 0 bridgehead atoms.